The molecule has 5 nitrogen and oxygen atoms in total. The molecule has 5 heteroatoms. The van der Waals surface area contributed by atoms with Crippen LogP contribution in [0.1, 0.15) is 24.0 Å². The summed E-state index contributed by atoms with van der Waals surface area (Å²) < 4.78 is 11.0. The summed E-state index contributed by atoms with van der Waals surface area (Å²) >= 11 is 0. The molecule has 0 saturated carbocycles. The van der Waals surface area contributed by atoms with E-state index in [1.54, 1.807) is 26.4 Å². The van der Waals surface area contributed by atoms with Gasteiger partial charge in [-0.2, -0.15) is 0 Å². The molecule has 3 aromatic rings. The summed E-state index contributed by atoms with van der Waals surface area (Å²) in [6, 6.07) is 9.76. The van der Waals surface area contributed by atoms with Crippen molar-refractivity contribution in [3.8, 4) is 17.2 Å². The summed E-state index contributed by atoms with van der Waals surface area (Å²) in [5.41, 5.74) is 2.45. The van der Waals surface area contributed by atoms with Gasteiger partial charge in [0.05, 0.1) is 14.2 Å². The van der Waals surface area contributed by atoms with E-state index in [4.69, 9.17) is 9.47 Å². The molecule has 0 unspecified atom stereocenters. The van der Waals surface area contributed by atoms with Gasteiger partial charge in [-0.25, -0.2) is 0 Å². The topological polar surface area (TPSA) is 59.0 Å². The SMILES string of the molecule is COc1cc2c3c(c4ccc(O)cc4c2cc1OC)CN1C(=O)CC[C@H]1C3. The van der Waals surface area contributed by atoms with Crippen LogP contribution in [0.2, 0.25) is 0 Å². The maximum atomic E-state index is 12.3. The molecule has 0 radical (unpaired) electrons. The molecule has 1 amide bonds. The minimum absolute atomic E-state index is 0.226. The summed E-state index contributed by atoms with van der Waals surface area (Å²) in [6.07, 6.45) is 2.40. The van der Waals surface area contributed by atoms with Crippen molar-refractivity contribution in [2.24, 2.45) is 0 Å². The quantitative estimate of drug-likeness (QED) is 0.704. The highest BCUT2D eigenvalue weighted by atomic mass is 16.5. The summed E-state index contributed by atoms with van der Waals surface area (Å²) in [6.45, 7) is 0.629. The van der Waals surface area contributed by atoms with Gasteiger partial charge in [-0.05, 0) is 69.8 Å². The minimum Gasteiger partial charge on any atom is -0.508 e. The second kappa shape index (κ2) is 5.78. The van der Waals surface area contributed by atoms with E-state index < -0.39 is 0 Å². The van der Waals surface area contributed by atoms with Gasteiger partial charge in [0.15, 0.2) is 11.5 Å². The molecule has 5 rings (SSSR count). The van der Waals surface area contributed by atoms with Crippen molar-refractivity contribution < 1.29 is 19.4 Å². The predicted octanol–water partition coefficient (Wildman–Crippen LogP) is 3.76. The van der Waals surface area contributed by atoms with Crippen molar-refractivity contribution in [3.63, 3.8) is 0 Å². The molecular formula is C22H21NO4. The monoisotopic (exact) mass is 363 g/mol. The molecule has 1 fully saturated rings. The van der Waals surface area contributed by atoms with Gasteiger partial charge in [0.1, 0.15) is 5.75 Å². The molecule has 0 spiro atoms. The van der Waals surface area contributed by atoms with Gasteiger partial charge >= 0.3 is 0 Å². The van der Waals surface area contributed by atoms with Crippen LogP contribution < -0.4 is 9.47 Å². The second-order valence-corrected chi connectivity index (χ2v) is 7.36. The highest BCUT2D eigenvalue weighted by Gasteiger charge is 2.36. The summed E-state index contributed by atoms with van der Waals surface area (Å²) in [5.74, 6) is 1.83. The van der Waals surface area contributed by atoms with E-state index >= 15 is 0 Å². The first kappa shape index (κ1) is 16.2. The highest BCUT2D eigenvalue weighted by Crippen LogP contribution is 2.44. The molecular weight excluding hydrogens is 342 g/mol. The Morgan fingerprint density at radius 3 is 2.41 bits per heavy atom. The van der Waals surface area contributed by atoms with Crippen LogP contribution >= 0.6 is 0 Å². The summed E-state index contributed by atoms with van der Waals surface area (Å²) in [4.78, 5) is 14.3. The van der Waals surface area contributed by atoms with Gasteiger partial charge in [-0.3, -0.25) is 4.79 Å². The van der Waals surface area contributed by atoms with E-state index in [0.29, 0.717) is 24.5 Å². The molecule has 0 bridgehead atoms. The zero-order chi connectivity index (χ0) is 18.7. The average molecular weight is 363 g/mol. The Bertz CT molecular complexity index is 1100. The fraction of sp³-hybridized carbons (Fsp3) is 0.318. The highest BCUT2D eigenvalue weighted by molar-refractivity contribution is 6.12. The number of phenols is 1. The Morgan fingerprint density at radius 1 is 0.963 bits per heavy atom. The summed E-state index contributed by atoms with van der Waals surface area (Å²) in [7, 11) is 3.27. The normalized spacial score (nSPS) is 18.7. The molecule has 2 heterocycles. The van der Waals surface area contributed by atoms with Gasteiger partial charge < -0.3 is 19.5 Å². The molecule has 1 saturated heterocycles. The van der Waals surface area contributed by atoms with E-state index in [1.807, 2.05) is 23.1 Å². The van der Waals surface area contributed by atoms with Crippen LogP contribution in [-0.4, -0.2) is 36.2 Å². The first-order valence-electron chi connectivity index (χ1n) is 9.22. The smallest absolute Gasteiger partial charge is 0.223 e. The molecule has 1 N–H and O–H groups in total. The fourth-order valence-corrected chi connectivity index (χ4v) is 4.74. The number of rotatable bonds is 2. The average Bonchev–Trinajstić information content (AvgIpc) is 3.05. The lowest BCUT2D eigenvalue weighted by Crippen LogP contribution is -2.38. The molecule has 138 valence electrons. The van der Waals surface area contributed by atoms with E-state index in [1.165, 1.54) is 11.1 Å². The van der Waals surface area contributed by atoms with Crippen molar-refractivity contribution in [2.45, 2.75) is 31.8 Å². The van der Waals surface area contributed by atoms with E-state index in [2.05, 4.69) is 0 Å². The number of nitrogens with zero attached hydrogens (tertiary/aromatic N) is 1. The Balaban J connectivity index is 1.89. The lowest BCUT2D eigenvalue weighted by molar-refractivity contribution is -0.129. The Labute approximate surface area is 157 Å². The first-order valence-corrected chi connectivity index (χ1v) is 9.22. The lowest BCUT2D eigenvalue weighted by Gasteiger charge is -2.33. The maximum Gasteiger partial charge on any atom is 0.223 e. The number of hydrogen-bond acceptors (Lipinski definition) is 4. The molecule has 27 heavy (non-hydrogen) atoms. The van der Waals surface area contributed by atoms with Gasteiger partial charge in [0.2, 0.25) is 5.91 Å². The number of phenolic OH excluding ortho intramolecular Hbond substituents is 1. The number of benzene rings is 3. The van der Waals surface area contributed by atoms with Gasteiger partial charge in [-0.15, -0.1) is 0 Å². The van der Waals surface area contributed by atoms with Gasteiger partial charge in [-0.1, -0.05) is 6.07 Å². The molecule has 0 aliphatic carbocycles. The minimum atomic E-state index is 0.226. The Hall–Kier alpha value is -2.95. The van der Waals surface area contributed by atoms with Crippen LogP contribution in [0.4, 0.5) is 0 Å². The van der Waals surface area contributed by atoms with Crippen LogP contribution in [-0.2, 0) is 17.8 Å². The standard InChI is InChI=1S/C22H21NO4/c1-26-20-9-17-15-7-12-3-6-22(25)23(12)11-19(15)14-5-4-13(24)8-16(14)18(17)10-21(20)27-2/h4-5,8-10,12,24H,3,6-7,11H2,1-2H3/t12-/m0/s1. The fourth-order valence-electron chi connectivity index (χ4n) is 4.74. The third-order valence-electron chi connectivity index (χ3n) is 6.05. The van der Waals surface area contributed by atoms with Crippen LogP contribution in [0.5, 0.6) is 17.2 Å². The second-order valence-electron chi connectivity index (χ2n) is 7.36. The van der Waals surface area contributed by atoms with Crippen LogP contribution in [0, 0.1) is 0 Å². The Morgan fingerprint density at radius 2 is 1.67 bits per heavy atom. The number of fused-ring (bicyclic) bond motifs is 7. The van der Waals surface area contributed by atoms with Crippen molar-refractivity contribution in [1.82, 2.24) is 4.90 Å². The van der Waals surface area contributed by atoms with E-state index in [-0.39, 0.29) is 17.7 Å². The van der Waals surface area contributed by atoms with Crippen molar-refractivity contribution in [3.05, 3.63) is 41.5 Å². The van der Waals surface area contributed by atoms with Crippen molar-refractivity contribution in [2.75, 3.05) is 14.2 Å². The van der Waals surface area contributed by atoms with Crippen LogP contribution in [0.15, 0.2) is 30.3 Å². The molecule has 3 aromatic carbocycles. The Kier molecular flexibility index (Phi) is 3.47. The molecule has 0 aromatic heterocycles. The predicted molar refractivity (Wildman–Crippen MR) is 103 cm³/mol. The number of ether oxygens (including phenoxy) is 2. The molecule has 2 aliphatic rings. The number of carbonyl (C=O) groups excluding carboxylic acids is 1. The van der Waals surface area contributed by atoms with Crippen LogP contribution in [0.3, 0.4) is 0 Å². The molecule has 1 atom stereocenters. The number of aromatic hydroxyl groups is 1. The van der Waals surface area contributed by atoms with Crippen molar-refractivity contribution in [1.29, 1.82) is 0 Å². The third-order valence-corrected chi connectivity index (χ3v) is 6.05. The van der Waals surface area contributed by atoms with E-state index in [9.17, 15) is 9.90 Å². The maximum absolute atomic E-state index is 12.3. The number of hydrogen-bond donors (Lipinski definition) is 1. The largest absolute Gasteiger partial charge is 0.508 e. The van der Waals surface area contributed by atoms with Gasteiger partial charge in [0, 0.05) is 19.0 Å². The van der Waals surface area contributed by atoms with E-state index in [0.717, 1.165) is 34.4 Å². The molecule has 2 aliphatic heterocycles. The zero-order valence-corrected chi connectivity index (χ0v) is 15.4. The first-order chi connectivity index (χ1) is 13.1. The zero-order valence-electron chi connectivity index (χ0n) is 15.4. The number of methoxy groups -OCH3 is 2. The summed E-state index contributed by atoms with van der Waals surface area (Å²) in [5, 5.41) is 14.3. The van der Waals surface area contributed by atoms with Gasteiger partial charge in [0.25, 0.3) is 0 Å². The third kappa shape index (κ3) is 2.27. The lowest BCUT2D eigenvalue weighted by atomic mass is 9.85. The van der Waals surface area contributed by atoms with Crippen LogP contribution in [0.25, 0.3) is 21.5 Å². The number of amides is 1. The van der Waals surface area contributed by atoms with Crippen molar-refractivity contribution >= 4 is 27.5 Å². The number of carbonyl (C=O) groups is 1.